The highest BCUT2D eigenvalue weighted by Gasteiger charge is 2.50. The molecule has 3 heterocycles. The van der Waals surface area contributed by atoms with Gasteiger partial charge in [-0.25, -0.2) is 0 Å². The average Bonchev–Trinajstić information content (AvgIpc) is 3.46. The fourth-order valence-electron chi connectivity index (χ4n) is 7.72. The number of methoxy groups -OCH3 is 1. The zero-order chi connectivity index (χ0) is 43.7. The van der Waals surface area contributed by atoms with Crippen molar-refractivity contribution in [3.05, 3.63) is 82.7 Å². The van der Waals surface area contributed by atoms with E-state index in [0.717, 1.165) is 5.56 Å². The van der Waals surface area contributed by atoms with Crippen LogP contribution < -0.4 is 10.1 Å². The summed E-state index contributed by atoms with van der Waals surface area (Å²) < 4.78 is 23.6. The van der Waals surface area contributed by atoms with Crippen LogP contribution in [0.5, 0.6) is 23.0 Å². The van der Waals surface area contributed by atoms with Crippen LogP contribution in [0.25, 0.3) is 10.8 Å². The second kappa shape index (κ2) is 17.7. The number of aromatic hydroxyl groups is 3. The van der Waals surface area contributed by atoms with Crippen LogP contribution in [0.1, 0.15) is 75.5 Å². The van der Waals surface area contributed by atoms with Crippen molar-refractivity contribution >= 4 is 46.0 Å². The zero-order valence-electron chi connectivity index (χ0n) is 34.9. The molecule has 3 aliphatic rings. The van der Waals surface area contributed by atoms with Crippen molar-refractivity contribution in [3.63, 3.8) is 0 Å². The summed E-state index contributed by atoms with van der Waals surface area (Å²) in [4.78, 5) is 45.0. The quantitative estimate of drug-likeness (QED) is 0.0694. The highest BCUT2D eigenvalue weighted by atomic mass is 16.7. The fraction of sp³-hybridized carbons (Fsp3) is 0.422. The molecule has 9 atom stereocenters. The monoisotopic (exact) mass is 814 g/mol. The second-order valence-corrected chi connectivity index (χ2v) is 15.7. The third kappa shape index (κ3) is 8.70. The predicted molar refractivity (Wildman–Crippen MR) is 222 cm³/mol. The number of aryl methyl sites for hydroxylation is 1. The van der Waals surface area contributed by atoms with E-state index in [-0.39, 0.29) is 44.5 Å². The van der Waals surface area contributed by atoms with Crippen LogP contribution in [0.15, 0.2) is 65.4 Å². The summed E-state index contributed by atoms with van der Waals surface area (Å²) in [5, 5.41) is 60.4. The molecule has 0 fully saturated rings. The molecule has 3 aromatic rings. The minimum Gasteiger partial charge on any atom is -0.507 e. The lowest BCUT2D eigenvalue weighted by molar-refractivity contribution is -0.160. The van der Waals surface area contributed by atoms with E-state index in [1.807, 2.05) is 13.0 Å². The molecule has 6 N–H and O–H groups in total. The Labute approximate surface area is 343 Å². The Bertz CT molecular complexity index is 2260. The Morgan fingerprint density at radius 2 is 1.63 bits per heavy atom. The first-order valence-electron chi connectivity index (χ1n) is 19.4. The van der Waals surface area contributed by atoms with E-state index < -0.39 is 88.8 Å². The van der Waals surface area contributed by atoms with Gasteiger partial charge in [-0.05, 0) is 44.5 Å². The van der Waals surface area contributed by atoms with E-state index in [4.69, 9.17) is 18.9 Å². The summed E-state index contributed by atoms with van der Waals surface area (Å²) in [6, 6.07) is 7.15. The van der Waals surface area contributed by atoms with Crippen LogP contribution >= 0.6 is 0 Å². The Morgan fingerprint density at radius 3 is 2.27 bits per heavy atom. The standard InChI is InChI=1S/C45H54N2O12/c1-21-13-11-16-29(19-21)46-20-30-35-40(53)33-32(39(30)52)34-42(27(7)38(33)51)59-45(9,43(34)54)57-18-17-31(56-10)24(4)41(58-28(8)48)26(6)37(50)25(5)36(49)22(2)14-12-15-23(3)44(55)47-35/h11-20,22,24-26,31,36-37,41,49-53H,1-10H3,(H,47,55)/b14-12-,18-17-,23-15-,46-20?. The molecule has 0 saturated carbocycles. The van der Waals surface area contributed by atoms with Gasteiger partial charge in [-0.15, -0.1) is 0 Å². The van der Waals surface area contributed by atoms with Crippen molar-refractivity contribution in [2.75, 3.05) is 12.4 Å². The molecule has 0 radical (unpaired) electrons. The van der Waals surface area contributed by atoms with Gasteiger partial charge in [-0.2, -0.15) is 0 Å². The molecule has 6 rings (SSSR count). The number of phenolic OH excluding ortho intramolecular Hbond substituents is 3. The van der Waals surface area contributed by atoms with Gasteiger partial charge in [0, 0.05) is 67.4 Å². The maximum Gasteiger partial charge on any atom is 0.312 e. The number of aliphatic hydroxyl groups is 2. The molecule has 316 valence electrons. The number of hydrogen-bond donors (Lipinski definition) is 6. The number of aliphatic imine (C=N–C) groups is 1. The number of hydrogen-bond acceptors (Lipinski definition) is 13. The summed E-state index contributed by atoms with van der Waals surface area (Å²) in [6.45, 7) is 14.3. The van der Waals surface area contributed by atoms with Gasteiger partial charge >= 0.3 is 11.8 Å². The SMILES string of the molecule is COC1/C=C\OC2(C)Oc3c(C)c(O)c4c(O)c(c(C=Nc5cccc(C)c5)c(O)c4c3C2=O)NC(=O)/C(C)=C\C=C/C(C)C(O)C(C)C(O)C(C)C(OC(C)=O)C1C. The Balaban J connectivity index is 1.73. The first-order valence-corrected chi connectivity index (χ1v) is 19.4. The van der Waals surface area contributed by atoms with Gasteiger partial charge in [-0.3, -0.25) is 19.4 Å². The number of nitrogens with one attached hydrogen (secondary N) is 1. The number of allylic oxidation sites excluding steroid dienone is 2. The number of Topliss-reactive ketones (excluding diaryl/α,β-unsaturated/α-hetero) is 1. The highest BCUT2D eigenvalue weighted by molar-refractivity contribution is 6.24. The van der Waals surface area contributed by atoms with Gasteiger partial charge < -0.3 is 49.8 Å². The minimum atomic E-state index is -2.05. The number of anilines is 1. The molecular weight excluding hydrogens is 760 g/mol. The normalized spacial score (nSPS) is 30.1. The fourth-order valence-corrected chi connectivity index (χ4v) is 7.72. The van der Waals surface area contributed by atoms with Crippen molar-refractivity contribution < 1.29 is 58.9 Å². The molecule has 3 aliphatic heterocycles. The van der Waals surface area contributed by atoms with Gasteiger partial charge in [0.1, 0.15) is 23.4 Å². The number of carbonyl (C=O) groups excluding carboxylic acids is 3. The summed E-state index contributed by atoms with van der Waals surface area (Å²) in [5.74, 6) is -8.49. The Morgan fingerprint density at radius 1 is 0.932 bits per heavy atom. The largest absolute Gasteiger partial charge is 0.507 e. The third-order valence-corrected chi connectivity index (χ3v) is 11.4. The van der Waals surface area contributed by atoms with E-state index >= 15 is 0 Å². The van der Waals surface area contributed by atoms with Crippen LogP contribution in [0, 0.1) is 37.5 Å². The number of amides is 1. The lowest BCUT2D eigenvalue weighted by Crippen LogP contribution is -2.46. The summed E-state index contributed by atoms with van der Waals surface area (Å²) in [7, 11) is 1.43. The van der Waals surface area contributed by atoms with Crippen molar-refractivity contribution in [2.24, 2.45) is 28.7 Å². The van der Waals surface area contributed by atoms with E-state index in [0.29, 0.717) is 5.69 Å². The number of ether oxygens (including phenoxy) is 4. The Kier molecular flexibility index (Phi) is 13.3. The van der Waals surface area contributed by atoms with Crippen LogP contribution in [-0.2, 0) is 23.8 Å². The number of nitrogens with zero attached hydrogens (tertiary/aromatic N) is 1. The molecule has 0 saturated heterocycles. The summed E-state index contributed by atoms with van der Waals surface area (Å²) in [5.41, 5.74) is 0.925. The maximum atomic E-state index is 14.4. The van der Waals surface area contributed by atoms with Crippen LogP contribution in [0.3, 0.4) is 0 Å². The van der Waals surface area contributed by atoms with Gasteiger partial charge in [0.15, 0.2) is 5.75 Å². The van der Waals surface area contributed by atoms with Crippen molar-refractivity contribution in [2.45, 2.75) is 92.5 Å². The molecule has 0 aliphatic carbocycles. The number of rotatable bonds is 4. The minimum absolute atomic E-state index is 0.0442. The van der Waals surface area contributed by atoms with Crippen molar-refractivity contribution in [1.82, 2.24) is 0 Å². The zero-order valence-corrected chi connectivity index (χ0v) is 34.9. The average molecular weight is 815 g/mol. The van der Waals surface area contributed by atoms with E-state index in [1.54, 1.807) is 58.0 Å². The van der Waals surface area contributed by atoms with Crippen LogP contribution in [0.2, 0.25) is 0 Å². The van der Waals surface area contributed by atoms with Gasteiger partial charge in [0.2, 0.25) is 0 Å². The predicted octanol–water partition coefficient (Wildman–Crippen LogP) is 6.81. The topological polar surface area (TPSA) is 214 Å². The van der Waals surface area contributed by atoms with Gasteiger partial charge in [-0.1, -0.05) is 58.1 Å². The number of esters is 1. The first kappa shape index (κ1) is 44.4. The summed E-state index contributed by atoms with van der Waals surface area (Å²) in [6.07, 6.45) is 4.74. The van der Waals surface area contributed by atoms with Crippen LogP contribution in [0.4, 0.5) is 11.4 Å². The molecule has 1 amide bonds. The molecule has 9 unspecified atom stereocenters. The van der Waals surface area contributed by atoms with Gasteiger partial charge in [0.25, 0.3) is 11.7 Å². The van der Waals surface area contributed by atoms with Crippen molar-refractivity contribution in [1.29, 1.82) is 0 Å². The van der Waals surface area contributed by atoms with E-state index in [2.05, 4.69) is 10.3 Å². The number of carbonyl (C=O) groups is 3. The lowest BCUT2D eigenvalue weighted by atomic mass is 9.78. The number of ketones is 1. The first-order chi connectivity index (χ1) is 27.7. The van der Waals surface area contributed by atoms with Crippen LogP contribution in [-0.4, -0.2) is 86.7 Å². The molecule has 59 heavy (non-hydrogen) atoms. The molecule has 0 aromatic heterocycles. The Hall–Kier alpha value is -5.70. The van der Waals surface area contributed by atoms with E-state index in [9.17, 15) is 39.9 Å². The second-order valence-electron chi connectivity index (χ2n) is 15.7. The van der Waals surface area contributed by atoms with Crippen molar-refractivity contribution in [3.8, 4) is 23.0 Å². The number of benzene rings is 3. The molecule has 3 aromatic carbocycles. The van der Waals surface area contributed by atoms with E-state index in [1.165, 1.54) is 59.4 Å². The lowest BCUT2D eigenvalue weighted by Gasteiger charge is -2.38. The third-order valence-electron chi connectivity index (χ3n) is 11.4. The molecular formula is C45H54N2O12. The van der Waals surface area contributed by atoms with Gasteiger partial charge in [0.05, 0.1) is 52.5 Å². The number of fused-ring (bicyclic) bond motifs is 14. The molecule has 0 spiro atoms. The molecule has 14 nitrogen and oxygen atoms in total. The molecule has 14 heteroatoms. The molecule has 5 bridgehead atoms. The summed E-state index contributed by atoms with van der Waals surface area (Å²) >= 11 is 0. The highest BCUT2D eigenvalue weighted by Crippen LogP contribution is 2.55. The smallest absolute Gasteiger partial charge is 0.312 e. The number of phenols is 3. The maximum absolute atomic E-state index is 14.4. The number of aliphatic hydroxyl groups excluding tert-OH is 2.